The number of hydrogen-bond donors (Lipinski definition) is 0. The van der Waals surface area contributed by atoms with Crippen LogP contribution in [-0.2, 0) is 13.0 Å². The molecule has 0 fully saturated rings. The molecule has 0 radical (unpaired) electrons. The lowest BCUT2D eigenvalue weighted by atomic mass is 10.0. The summed E-state index contributed by atoms with van der Waals surface area (Å²) in [4.78, 5) is 0. The van der Waals surface area contributed by atoms with Gasteiger partial charge in [-0.1, -0.05) is 23.8 Å². The van der Waals surface area contributed by atoms with Gasteiger partial charge in [0.05, 0.1) is 6.54 Å². The smallest absolute Gasteiger partial charge is 0.387 e. The van der Waals surface area contributed by atoms with Crippen molar-refractivity contribution in [3.05, 3.63) is 65.6 Å². The first-order chi connectivity index (χ1) is 15.5. The summed E-state index contributed by atoms with van der Waals surface area (Å²) in [6.45, 7) is 2.45. The maximum atomic E-state index is 12.4. The predicted octanol–water partition coefficient (Wildman–Crippen LogP) is 0.620. The summed E-state index contributed by atoms with van der Waals surface area (Å²) < 4.78 is 68.0. The standard InChI is InChI=1S/C23H25F2N2O.ClHO4/c1-16-7-12-20(17(2)14-16)21-15-27(22-6-4-3-5-13-26(21)22)18-8-10-19(11-9-18)28-23(24)25;2-1(3,4)5/h7-12,14-15,23H,3-6,13H2,1-2H3;(H,2,3,4,5)/q+1;/p-1. The van der Waals surface area contributed by atoms with Gasteiger partial charge in [0.15, 0.2) is 5.69 Å². The molecule has 178 valence electrons. The molecule has 0 saturated heterocycles. The first-order valence-corrected chi connectivity index (χ1v) is 11.6. The Balaban J connectivity index is 0.000000555. The highest BCUT2D eigenvalue weighted by atomic mass is 35.7. The number of imidazole rings is 1. The van der Waals surface area contributed by atoms with E-state index in [4.69, 9.17) is 18.6 Å². The quantitative estimate of drug-likeness (QED) is 0.506. The number of benzene rings is 2. The number of aromatic nitrogens is 2. The second-order valence-electron chi connectivity index (χ2n) is 7.83. The van der Waals surface area contributed by atoms with E-state index in [-0.39, 0.29) is 5.75 Å². The summed E-state index contributed by atoms with van der Waals surface area (Å²) in [5.41, 5.74) is 5.93. The number of aryl methyl sites for hydroxylation is 2. The van der Waals surface area contributed by atoms with Crippen LogP contribution in [0.5, 0.6) is 5.75 Å². The minimum Gasteiger partial charge on any atom is -0.435 e. The molecule has 0 N–H and O–H groups in total. The Morgan fingerprint density at radius 2 is 1.64 bits per heavy atom. The van der Waals surface area contributed by atoms with Gasteiger partial charge in [-0.2, -0.15) is 13.3 Å². The molecule has 1 aromatic heterocycles. The van der Waals surface area contributed by atoms with Gasteiger partial charge in [-0.05, 0) is 62.9 Å². The molecule has 2 aromatic carbocycles. The largest absolute Gasteiger partial charge is 0.435 e. The van der Waals surface area contributed by atoms with Crippen molar-refractivity contribution in [2.45, 2.75) is 52.7 Å². The van der Waals surface area contributed by atoms with E-state index in [9.17, 15) is 8.78 Å². The highest BCUT2D eigenvalue weighted by Gasteiger charge is 2.27. The molecule has 3 aromatic rings. The van der Waals surface area contributed by atoms with Gasteiger partial charge in [-0.25, -0.2) is 23.2 Å². The van der Waals surface area contributed by atoms with Crippen molar-refractivity contribution in [3.63, 3.8) is 0 Å². The minimum atomic E-state index is -4.94. The van der Waals surface area contributed by atoms with Crippen molar-refractivity contribution in [3.8, 4) is 22.7 Å². The second-order valence-corrected chi connectivity index (χ2v) is 8.59. The Morgan fingerprint density at radius 1 is 0.970 bits per heavy atom. The summed E-state index contributed by atoms with van der Waals surface area (Å²) >= 11 is 0. The molecule has 0 saturated carbocycles. The van der Waals surface area contributed by atoms with Crippen LogP contribution in [0.4, 0.5) is 8.78 Å². The Morgan fingerprint density at radius 3 is 2.24 bits per heavy atom. The number of fused-ring (bicyclic) bond motifs is 1. The Labute approximate surface area is 192 Å². The molecule has 7 nitrogen and oxygen atoms in total. The van der Waals surface area contributed by atoms with Crippen LogP contribution in [0.15, 0.2) is 48.7 Å². The lowest BCUT2D eigenvalue weighted by Gasteiger charge is -2.17. The molecule has 0 atom stereocenters. The maximum Gasteiger partial charge on any atom is 0.387 e. The van der Waals surface area contributed by atoms with Crippen LogP contribution in [0.25, 0.3) is 16.9 Å². The molecule has 1 aliphatic rings. The van der Waals surface area contributed by atoms with Gasteiger partial charge < -0.3 is 4.74 Å². The molecule has 1 aliphatic heterocycles. The van der Waals surface area contributed by atoms with Gasteiger partial charge in [0.2, 0.25) is 0 Å². The molecular formula is C23H25ClF2N2O5. The maximum absolute atomic E-state index is 12.4. The van der Waals surface area contributed by atoms with Gasteiger partial charge in [-0.3, -0.25) is 0 Å². The number of halogens is 3. The van der Waals surface area contributed by atoms with Crippen molar-refractivity contribution in [1.82, 2.24) is 4.57 Å². The van der Waals surface area contributed by atoms with Gasteiger partial charge in [0.1, 0.15) is 17.6 Å². The number of alkyl halides is 2. The van der Waals surface area contributed by atoms with E-state index in [1.54, 1.807) is 12.1 Å². The molecule has 0 bridgehead atoms. The summed E-state index contributed by atoms with van der Waals surface area (Å²) in [6.07, 6.45) is 6.72. The summed E-state index contributed by atoms with van der Waals surface area (Å²) in [5.74, 6) is 1.44. The van der Waals surface area contributed by atoms with Crippen molar-refractivity contribution >= 4 is 0 Å². The first-order valence-electron chi connectivity index (χ1n) is 10.4. The highest BCUT2D eigenvalue weighted by molar-refractivity contribution is 5.62. The fraction of sp³-hybridized carbons (Fsp3) is 0.348. The molecule has 2 heterocycles. The molecule has 0 aliphatic carbocycles. The second kappa shape index (κ2) is 10.6. The number of nitrogens with zero attached hydrogens (tertiary/aromatic N) is 2. The summed E-state index contributed by atoms with van der Waals surface area (Å²) in [7, 11) is -4.94. The van der Waals surface area contributed by atoms with Crippen LogP contribution in [0, 0.1) is 24.1 Å². The van der Waals surface area contributed by atoms with Crippen LogP contribution in [-0.4, -0.2) is 11.2 Å². The van der Waals surface area contributed by atoms with Crippen molar-refractivity contribution < 1.29 is 47.0 Å². The molecule has 0 unspecified atom stereocenters. The topological polar surface area (TPSA) is 110 Å². The Kier molecular flexibility index (Phi) is 8.04. The third kappa shape index (κ3) is 6.96. The zero-order chi connectivity index (χ0) is 24.2. The van der Waals surface area contributed by atoms with Crippen molar-refractivity contribution in [2.24, 2.45) is 0 Å². The van der Waals surface area contributed by atoms with Gasteiger partial charge in [0.25, 0.3) is 5.82 Å². The molecule has 0 spiro atoms. The van der Waals surface area contributed by atoms with Crippen molar-refractivity contribution in [2.75, 3.05) is 0 Å². The van der Waals surface area contributed by atoms with Crippen LogP contribution in [0.1, 0.15) is 36.2 Å². The molecule has 0 amide bonds. The van der Waals surface area contributed by atoms with E-state index in [0.29, 0.717) is 0 Å². The van der Waals surface area contributed by atoms with Crippen LogP contribution in [0.2, 0.25) is 0 Å². The normalized spacial score (nSPS) is 13.7. The number of rotatable bonds is 4. The van der Waals surface area contributed by atoms with E-state index in [0.717, 1.165) is 25.1 Å². The van der Waals surface area contributed by atoms with E-state index in [2.05, 4.69) is 52.1 Å². The van der Waals surface area contributed by atoms with Crippen LogP contribution in [0.3, 0.4) is 0 Å². The fourth-order valence-corrected chi connectivity index (χ4v) is 4.10. The van der Waals surface area contributed by atoms with Crippen molar-refractivity contribution in [1.29, 1.82) is 0 Å². The SMILES string of the molecule is Cc1ccc(-c2cn(-c3ccc(OC(F)F)cc3)c3[n+]2CCCCC3)c(C)c1.[O-][Cl+3]([O-])([O-])[O-]. The average Bonchev–Trinajstić information content (AvgIpc) is 2.89. The van der Waals surface area contributed by atoms with Gasteiger partial charge >= 0.3 is 6.61 Å². The minimum absolute atomic E-state index is 0.180. The molecule has 10 heteroatoms. The van der Waals surface area contributed by atoms with E-state index >= 15 is 0 Å². The zero-order valence-corrected chi connectivity index (χ0v) is 19.1. The fourth-order valence-electron chi connectivity index (χ4n) is 4.10. The Hall–Kier alpha value is -2.56. The molecule has 4 rings (SSSR count). The highest BCUT2D eigenvalue weighted by Crippen LogP contribution is 2.27. The van der Waals surface area contributed by atoms with E-state index in [1.807, 2.05) is 12.1 Å². The monoisotopic (exact) mass is 482 g/mol. The number of ether oxygens (including phenoxy) is 1. The van der Waals surface area contributed by atoms with E-state index in [1.165, 1.54) is 41.1 Å². The first kappa shape index (κ1) is 25.1. The average molecular weight is 483 g/mol. The third-order valence-corrected chi connectivity index (χ3v) is 5.41. The Bertz CT molecular complexity index is 1080. The molecular weight excluding hydrogens is 458 g/mol. The summed E-state index contributed by atoms with van der Waals surface area (Å²) in [5, 5.41) is 0. The van der Waals surface area contributed by atoms with E-state index < -0.39 is 16.9 Å². The predicted molar refractivity (Wildman–Crippen MR) is 105 cm³/mol. The van der Waals surface area contributed by atoms with Crippen LogP contribution >= 0.6 is 0 Å². The third-order valence-electron chi connectivity index (χ3n) is 5.41. The van der Waals surface area contributed by atoms with Gasteiger partial charge in [0, 0.05) is 12.0 Å². The van der Waals surface area contributed by atoms with Crippen LogP contribution < -0.4 is 27.9 Å². The van der Waals surface area contributed by atoms with Gasteiger partial charge in [-0.15, -0.1) is 10.2 Å². The lowest BCUT2D eigenvalue weighted by Crippen LogP contribution is -2.68. The zero-order valence-electron chi connectivity index (χ0n) is 18.3. The lowest BCUT2D eigenvalue weighted by molar-refractivity contribution is -2.00. The molecule has 33 heavy (non-hydrogen) atoms. The number of hydrogen-bond acceptors (Lipinski definition) is 5. The summed E-state index contributed by atoms with van der Waals surface area (Å²) in [6, 6.07) is 13.5.